The molecule has 1 aromatic heterocycles. The molecule has 0 aliphatic carbocycles. The SMILES string of the molecule is COc1ccc2c(c1)C[C@H](NC(=O)NCc1ccccn1)CO2. The second-order valence-electron chi connectivity index (χ2n) is 5.33. The summed E-state index contributed by atoms with van der Waals surface area (Å²) in [6, 6.07) is 11.0. The number of hydrogen-bond acceptors (Lipinski definition) is 4. The molecule has 1 atom stereocenters. The van der Waals surface area contributed by atoms with Crippen LogP contribution in [0, 0.1) is 0 Å². The number of benzene rings is 1. The van der Waals surface area contributed by atoms with Crippen molar-refractivity contribution in [3.8, 4) is 11.5 Å². The Balaban J connectivity index is 1.53. The Labute approximate surface area is 134 Å². The topological polar surface area (TPSA) is 72.5 Å². The number of amides is 2. The number of aromatic nitrogens is 1. The van der Waals surface area contributed by atoms with Crippen LogP contribution in [-0.4, -0.2) is 30.8 Å². The van der Waals surface area contributed by atoms with Gasteiger partial charge < -0.3 is 20.1 Å². The van der Waals surface area contributed by atoms with Gasteiger partial charge in [-0.25, -0.2) is 4.79 Å². The summed E-state index contributed by atoms with van der Waals surface area (Å²) in [7, 11) is 1.63. The number of methoxy groups -OCH3 is 1. The summed E-state index contributed by atoms with van der Waals surface area (Å²) >= 11 is 0. The van der Waals surface area contributed by atoms with E-state index in [2.05, 4.69) is 15.6 Å². The average Bonchev–Trinajstić information content (AvgIpc) is 2.60. The largest absolute Gasteiger partial charge is 0.497 e. The molecule has 6 heteroatoms. The summed E-state index contributed by atoms with van der Waals surface area (Å²) in [4.78, 5) is 16.2. The van der Waals surface area contributed by atoms with Crippen LogP contribution in [0.4, 0.5) is 4.79 Å². The molecule has 23 heavy (non-hydrogen) atoms. The van der Waals surface area contributed by atoms with E-state index in [0.717, 1.165) is 22.8 Å². The molecule has 2 heterocycles. The lowest BCUT2D eigenvalue weighted by molar-refractivity contribution is 0.214. The van der Waals surface area contributed by atoms with Crippen molar-refractivity contribution in [2.24, 2.45) is 0 Å². The molecule has 0 fully saturated rings. The van der Waals surface area contributed by atoms with Crippen LogP contribution in [0.1, 0.15) is 11.3 Å². The second-order valence-corrected chi connectivity index (χ2v) is 5.33. The van der Waals surface area contributed by atoms with Crippen molar-refractivity contribution < 1.29 is 14.3 Å². The zero-order valence-corrected chi connectivity index (χ0v) is 12.9. The second kappa shape index (κ2) is 7.00. The third-order valence-corrected chi connectivity index (χ3v) is 3.67. The lowest BCUT2D eigenvalue weighted by Crippen LogP contribution is -2.47. The maximum absolute atomic E-state index is 12.0. The number of hydrogen-bond donors (Lipinski definition) is 2. The molecule has 3 rings (SSSR count). The molecule has 0 saturated heterocycles. The van der Waals surface area contributed by atoms with Gasteiger partial charge in [0.05, 0.1) is 25.4 Å². The summed E-state index contributed by atoms with van der Waals surface area (Å²) < 4.78 is 10.9. The van der Waals surface area contributed by atoms with Crippen molar-refractivity contribution in [2.45, 2.75) is 19.0 Å². The van der Waals surface area contributed by atoms with E-state index in [1.165, 1.54) is 0 Å². The third kappa shape index (κ3) is 3.91. The molecule has 0 saturated carbocycles. The van der Waals surface area contributed by atoms with Gasteiger partial charge in [0.15, 0.2) is 0 Å². The Hall–Kier alpha value is -2.76. The Bertz CT molecular complexity index is 676. The van der Waals surface area contributed by atoms with Gasteiger partial charge >= 0.3 is 6.03 Å². The number of ether oxygens (including phenoxy) is 2. The molecule has 0 bridgehead atoms. The molecule has 1 aliphatic heterocycles. The fraction of sp³-hybridized carbons (Fsp3) is 0.294. The average molecular weight is 313 g/mol. The molecule has 0 unspecified atom stereocenters. The molecule has 0 radical (unpaired) electrons. The lowest BCUT2D eigenvalue weighted by Gasteiger charge is -2.26. The maximum Gasteiger partial charge on any atom is 0.315 e. The highest BCUT2D eigenvalue weighted by molar-refractivity contribution is 5.74. The Kier molecular flexibility index (Phi) is 4.61. The molecule has 2 amide bonds. The number of carbonyl (C=O) groups excluding carboxylic acids is 1. The first-order chi connectivity index (χ1) is 11.2. The van der Waals surface area contributed by atoms with Gasteiger partial charge in [-0.1, -0.05) is 6.07 Å². The first-order valence-corrected chi connectivity index (χ1v) is 7.48. The number of nitrogens with one attached hydrogen (secondary N) is 2. The summed E-state index contributed by atoms with van der Waals surface area (Å²) in [5, 5.41) is 5.72. The number of rotatable bonds is 4. The van der Waals surface area contributed by atoms with Gasteiger partial charge in [0, 0.05) is 6.20 Å². The van der Waals surface area contributed by atoms with Gasteiger partial charge in [-0.2, -0.15) is 0 Å². The Morgan fingerprint density at radius 3 is 3.09 bits per heavy atom. The van der Waals surface area contributed by atoms with E-state index < -0.39 is 0 Å². The van der Waals surface area contributed by atoms with Crippen molar-refractivity contribution in [2.75, 3.05) is 13.7 Å². The van der Waals surface area contributed by atoms with E-state index in [0.29, 0.717) is 19.6 Å². The van der Waals surface area contributed by atoms with Crippen molar-refractivity contribution in [3.63, 3.8) is 0 Å². The lowest BCUT2D eigenvalue weighted by atomic mass is 10.0. The van der Waals surface area contributed by atoms with Crippen molar-refractivity contribution >= 4 is 6.03 Å². The number of pyridine rings is 1. The van der Waals surface area contributed by atoms with Gasteiger partial charge in [-0.15, -0.1) is 0 Å². The van der Waals surface area contributed by atoms with Gasteiger partial charge in [0.2, 0.25) is 0 Å². The quantitative estimate of drug-likeness (QED) is 0.904. The molecule has 6 nitrogen and oxygen atoms in total. The predicted octanol–water partition coefficient (Wildman–Crippen LogP) is 1.89. The number of fused-ring (bicyclic) bond motifs is 1. The van der Waals surface area contributed by atoms with Gasteiger partial charge in [0.1, 0.15) is 18.1 Å². The summed E-state index contributed by atoms with van der Waals surface area (Å²) in [6.07, 6.45) is 2.41. The minimum absolute atomic E-state index is 0.0710. The fourth-order valence-electron chi connectivity index (χ4n) is 2.50. The Morgan fingerprint density at radius 2 is 2.30 bits per heavy atom. The van der Waals surface area contributed by atoms with E-state index in [1.807, 2.05) is 36.4 Å². The monoisotopic (exact) mass is 313 g/mol. The number of carbonyl (C=O) groups is 1. The van der Waals surface area contributed by atoms with Crippen LogP contribution < -0.4 is 20.1 Å². The van der Waals surface area contributed by atoms with Crippen LogP contribution in [0.25, 0.3) is 0 Å². The first kappa shape index (κ1) is 15.1. The van der Waals surface area contributed by atoms with Gasteiger partial charge in [-0.05, 0) is 42.3 Å². The summed E-state index contributed by atoms with van der Waals surface area (Å²) in [6.45, 7) is 0.848. The molecule has 1 aliphatic rings. The van der Waals surface area contributed by atoms with E-state index in [9.17, 15) is 4.79 Å². The highest BCUT2D eigenvalue weighted by atomic mass is 16.5. The summed E-state index contributed by atoms with van der Waals surface area (Å²) in [5.41, 5.74) is 1.85. The van der Waals surface area contributed by atoms with Crippen molar-refractivity contribution in [1.29, 1.82) is 0 Å². The van der Waals surface area contributed by atoms with Crippen LogP contribution in [0.15, 0.2) is 42.6 Å². The Morgan fingerprint density at radius 1 is 1.39 bits per heavy atom. The molecule has 0 spiro atoms. The van der Waals surface area contributed by atoms with Crippen LogP contribution in [0.2, 0.25) is 0 Å². The minimum atomic E-state index is -0.226. The predicted molar refractivity (Wildman–Crippen MR) is 85.6 cm³/mol. The van der Waals surface area contributed by atoms with Crippen LogP contribution in [-0.2, 0) is 13.0 Å². The highest BCUT2D eigenvalue weighted by Gasteiger charge is 2.21. The van der Waals surface area contributed by atoms with Crippen LogP contribution in [0.3, 0.4) is 0 Å². The molecule has 2 aromatic rings. The highest BCUT2D eigenvalue weighted by Crippen LogP contribution is 2.28. The van der Waals surface area contributed by atoms with Crippen LogP contribution in [0.5, 0.6) is 11.5 Å². The number of urea groups is 1. The third-order valence-electron chi connectivity index (χ3n) is 3.67. The minimum Gasteiger partial charge on any atom is -0.497 e. The fourth-order valence-corrected chi connectivity index (χ4v) is 2.50. The molecular weight excluding hydrogens is 294 g/mol. The zero-order chi connectivity index (χ0) is 16.1. The summed E-state index contributed by atoms with van der Waals surface area (Å²) in [5.74, 6) is 1.63. The zero-order valence-electron chi connectivity index (χ0n) is 12.9. The van der Waals surface area contributed by atoms with E-state index in [4.69, 9.17) is 9.47 Å². The van der Waals surface area contributed by atoms with Crippen molar-refractivity contribution in [1.82, 2.24) is 15.6 Å². The van der Waals surface area contributed by atoms with E-state index in [-0.39, 0.29) is 12.1 Å². The number of nitrogens with zero attached hydrogens (tertiary/aromatic N) is 1. The molecule has 2 N–H and O–H groups in total. The smallest absolute Gasteiger partial charge is 0.315 e. The van der Waals surface area contributed by atoms with E-state index >= 15 is 0 Å². The van der Waals surface area contributed by atoms with E-state index in [1.54, 1.807) is 13.3 Å². The maximum atomic E-state index is 12.0. The van der Waals surface area contributed by atoms with Crippen molar-refractivity contribution in [3.05, 3.63) is 53.9 Å². The molecular formula is C17H19N3O3. The molecule has 120 valence electrons. The molecule has 1 aromatic carbocycles. The van der Waals surface area contributed by atoms with Crippen LogP contribution >= 0.6 is 0 Å². The normalized spacial score (nSPS) is 16.0. The van der Waals surface area contributed by atoms with Gasteiger partial charge in [0.25, 0.3) is 0 Å². The standard InChI is InChI=1S/C17H19N3O3/c1-22-15-5-6-16-12(9-15)8-14(11-23-16)20-17(21)19-10-13-4-2-3-7-18-13/h2-7,9,14H,8,10-11H2,1H3,(H2,19,20,21)/t14-/m0/s1. The van der Waals surface area contributed by atoms with Gasteiger partial charge in [-0.3, -0.25) is 4.98 Å². The first-order valence-electron chi connectivity index (χ1n) is 7.48.